The van der Waals surface area contributed by atoms with Crippen LogP contribution in [0.15, 0.2) is 21.5 Å². The first-order chi connectivity index (χ1) is 8.97. The quantitative estimate of drug-likeness (QED) is 0.669. The molecule has 0 aromatic carbocycles. The first-order valence-corrected chi connectivity index (χ1v) is 5.39. The van der Waals surface area contributed by atoms with E-state index in [4.69, 9.17) is 14.3 Å². The highest BCUT2D eigenvalue weighted by Gasteiger charge is 2.18. The summed E-state index contributed by atoms with van der Waals surface area (Å²) in [5.41, 5.74) is -0.533. The molecule has 0 radical (unpaired) electrons. The predicted molar refractivity (Wildman–Crippen MR) is 63.6 cm³/mol. The number of carbonyl (C=O) groups is 2. The predicted octanol–water partition coefficient (Wildman–Crippen LogP) is -0.645. The average Bonchev–Trinajstić information content (AvgIpc) is 2.40. The summed E-state index contributed by atoms with van der Waals surface area (Å²) in [4.78, 5) is 33.9. The highest BCUT2D eigenvalue weighted by molar-refractivity contribution is 5.96. The van der Waals surface area contributed by atoms with Crippen LogP contribution in [0.3, 0.4) is 0 Å². The van der Waals surface area contributed by atoms with Crippen molar-refractivity contribution in [3.05, 3.63) is 28.3 Å². The maximum Gasteiger partial charge on any atom is 0.321 e. The molecule has 0 spiro atoms. The second kappa shape index (κ2) is 6.55. The van der Waals surface area contributed by atoms with Crippen LogP contribution < -0.4 is 20.8 Å². The van der Waals surface area contributed by atoms with Crippen LogP contribution in [0.25, 0.3) is 0 Å². The number of hydrogen-bond donors (Lipinski definition) is 3. The zero-order valence-corrected chi connectivity index (χ0v) is 10.4. The molecule has 0 bridgehead atoms. The second-order valence-corrected chi connectivity index (χ2v) is 3.56. The lowest BCUT2D eigenvalue weighted by Gasteiger charge is -2.13. The first-order valence-electron chi connectivity index (χ1n) is 5.39. The van der Waals surface area contributed by atoms with E-state index in [-0.39, 0.29) is 11.5 Å². The third-order valence-corrected chi connectivity index (χ3v) is 2.14. The van der Waals surface area contributed by atoms with E-state index in [0.29, 0.717) is 0 Å². The van der Waals surface area contributed by atoms with Crippen LogP contribution in [-0.2, 0) is 11.4 Å². The van der Waals surface area contributed by atoms with Gasteiger partial charge < -0.3 is 19.6 Å². The minimum Gasteiger partial charge on any atom is -0.474 e. The molecule has 1 aromatic rings. The summed E-state index contributed by atoms with van der Waals surface area (Å²) < 4.78 is 9.96. The summed E-state index contributed by atoms with van der Waals surface area (Å²) >= 11 is 0. The van der Waals surface area contributed by atoms with Crippen LogP contribution in [0.5, 0.6) is 5.75 Å². The standard InChI is InChI=1S/C11H14N2O6/c1-6(10(16)13-11(17)12-2)19-9-5-18-7(4-14)3-8(9)15/h3,5-6,14H,4H2,1-2H3,(H2,12,13,16,17). The molecule has 1 atom stereocenters. The van der Waals surface area contributed by atoms with Gasteiger partial charge in [0.1, 0.15) is 18.6 Å². The van der Waals surface area contributed by atoms with Crippen molar-refractivity contribution >= 4 is 11.9 Å². The van der Waals surface area contributed by atoms with Crippen molar-refractivity contribution in [2.45, 2.75) is 19.6 Å². The van der Waals surface area contributed by atoms with Crippen LogP contribution in [-0.4, -0.2) is 30.2 Å². The summed E-state index contributed by atoms with van der Waals surface area (Å²) in [6.07, 6.45) is -0.0578. The number of aliphatic hydroxyl groups is 1. The lowest BCUT2D eigenvalue weighted by molar-refractivity contribution is -0.126. The van der Waals surface area contributed by atoms with Gasteiger partial charge in [0.05, 0.1) is 0 Å². The van der Waals surface area contributed by atoms with Crippen molar-refractivity contribution in [2.24, 2.45) is 0 Å². The van der Waals surface area contributed by atoms with Gasteiger partial charge in [-0.2, -0.15) is 0 Å². The van der Waals surface area contributed by atoms with Crippen LogP contribution >= 0.6 is 0 Å². The van der Waals surface area contributed by atoms with Gasteiger partial charge in [0.2, 0.25) is 11.2 Å². The van der Waals surface area contributed by atoms with Crippen molar-refractivity contribution in [1.82, 2.24) is 10.6 Å². The lowest BCUT2D eigenvalue weighted by atomic mass is 10.3. The number of rotatable bonds is 4. The summed E-state index contributed by atoms with van der Waals surface area (Å²) in [5.74, 6) is -0.804. The SMILES string of the molecule is CNC(=O)NC(=O)C(C)Oc1coc(CO)cc1=O. The van der Waals surface area contributed by atoms with Crippen LogP contribution in [0.4, 0.5) is 4.79 Å². The Labute approximate surface area is 108 Å². The third kappa shape index (κ3) is 4.11. The van der Waals surface area contributed by atoms with Gasteiger partial charge in [-0.25, -0.2) is 4.79 Å². The number of aliphatic hydroxyl groups excluding tert-OH is 1. The summed E-state index contributed by atoms with van der Waals surface area (Å²) in [5, 5.41) is 13.0. The van der Waals surface area contributed by atoms with E-state index in [2.05, 4.69) is 5.32 Å². The number of ether oxygens (including phenoxy) is 1. The zero-order chi connectivity index (χ0) is 14.4. The molecule has 1 aromatic heterocycles. The number of amides is 3. The topological polar surface area (TPSA) is 118 Å². The molecule has 0 aliphatic carbocycles. The largest absolute Gasteiger partial charge is 0.474 e. The van der Waals surface area contributed by atoms with E-state index >= 15 is 0 Å². The smallest absolute Gasteiger partial charge is 0.321 e. The van der Waals surface area contributed by atoms with E-state index in [1.165, 1.54) is 14.0 Å². The Morgan fingerprint density at radius 1 is 1.53 bits per heavy atom. The number of carbonyl (C=O) groups excluding carboxylic acids is 2. The van der Waals surface area contributed by atoms with Gasteiger partial charge in [-0.1, -0.05) is 0 Å². The van der Waals surface area contributed by atoms with E-state index in [1.54, 1.807) is 0 Å². The van der Waals surface area contributed by atoms with Gasteiger partial charge in [0.15, 0.2) is 6.10 Å². The Kier molecular flexibility index (Phi) is 5.07. The van der Waals surface area contributed by atoms with Gasteiger partial charge in [0.25, 0.3) is 5.91 Å². The maximum atomic E-state index is 11.5. The Balaban J connectivity index is 2.71. The molecule has 0 saturated heterocycles. The highest BCUT2D eigenvalue weighted by atomic mass is 16.5. The maximum absolute atomic E-state index is 11.5. The number of hydrogen-bond acceptors (Lipinski definition) is 6. The van der Waals surface area contributed by atoms with Crippen LogP contribution in [0.1, 0.15) is 12.7 Å². The molecule has 1 rings (SSSR count). The minimum absolute atomic E-state index is 0.0832. The fourth-order valence-electron chi connectivity index (χ4n) is 1.13. The zero-order valence-electron chi connectivity index (χ0n) is 10.4. The van der Waals surface area contributed by atoms with Crippen molar-refractivity contribution in [3.8, 4) is 5.75 Å². The molecule has 0 saturated carbocycles. The van der Waals surface area contributed by atoms with Crippen molar-refractivity contribution in [3.63, 3.8) is 0 Å². The Morgan fingerprint density at radius 2 is 2.21 bits per heavy atom. The van der Waals surface area contributed by atoms with Gasteiger partial charge in [-0.15, -0.1) is 0 Å². The molecule has 3 N–H and O–H groups in total. The van der Waals surface area contributed by atoms with E-state index in [9.17, 15) is 14.4 Å². The van der Waals surface area contributed by atoms with Crippen LogP contribution in [0, 0.1) is 0 Å². The van der Waals surface area contributed by atoms with Gasteiger partial charge in [-0.05, 0) is 6.92 Å². The molecule has 0 fully saturated rings. The molecular formula is C11H14N2O6. The molecule has 104 valence electrons. The Hall–Kier alpha value is -2.35. The molecule has 8 nitrogen and oxygen atoms in total. The molecule has 0 aliphatic rings. The van der Waals surface area contributed by atoms with Gasteiger partial charge >= 0.3 is 6.03 Å². The Morgan fingerprint density at radius 3 is 2.74 bits per heavy atom. The summed E-state index contributed by atoms with van der Waals surface area (Å²) in [6.45, 7) is 0.958. The minimum atomic E-state index is -1.06. The van der Waals surface area contributed by atoms with Crippen molar-refractivity contribution < 1.29 is 23.8 Å². The second-order valence-electron chi connectivity index (χ2n) is 3.56. The van der Waals surface area contributed by atoms with E-state index in [1.807, 2.05) is 5.32 Å². The van der Waals surface area contributed by atoms with Crippen LogP contribution in [0.2, 0.25) is 0 Å². The van der Waals surface area contributed by atoms with Gasteiger partial charge in [0, 0.05) is 13.1 Å². The molecule has 0 aliphatic heterocycles. The molecule has 1 heterocycles. The first kappa shape index (κ1) is 14.7. The molecule has 8 heteroatoms. The lowest BCUT2D eigenvalue weighted by Crippen LogP contribution is -2.44. The number of imide groups is 1. The normalized spacial score (nSPS) is 11.5. The van der Waals surface area contributed by atoms with Crippen molar-refractivity contribution in [1.29, 1.82) is 0 Å². The van der Waals surface area contributed by atoms with E-state index < -0.39 is 30.1 Å². The molecule has 3 amide bonds. The average molecular weight is 270 g/mol. The highest BCUT2D eigenvalue weighted by Crippen LogP contribution is 2.08. The summed E-state index contributed by atoms with van der Waals surface area (Å²) in [7, 11) is 1.36. The fraction of sp³-hybridized carbons (Fsp3) is 0.364. The summed E-state index contributed by atoms with van der Waals surface area (Å²) in [6, 6.07) is 0.377. The third-order valence-electron chi connectivity index (χ3n) is 2.14. The molecule has 1 unspecified atom stereocenters. The number of urea groups is 1. The number of nitrogens with one attached hydrogen (secondary N) is 2. The van der Waals surface area contributed by atoms with Crippen molar-refractivity contribution in [2.75, 3.05) is 7.05 Å². The Bertz CT molecular complexity index is 524. The molecule has 19 heavy (non-hydrogen) atoms. The fourth-order valence-corrected chi connectivity index (χ4v) is 1.13. The van der Waals surface area contributed by atoms with Gasteiger partial charge in [-0.3, -0.25) is 14.9 Å². The molecular weight excluding hydrogens is 256 g/mol. The monoisotopic (exact) mass is 270 g/mol. The van der Waals surface area contributed by atoms with E-state index in [0.717, 1.165) is 12.3 Å².